The molecule has 2 aromatic rings. The number of hydrogen-bond donors (Lipinski definition) is 0. The molecule has 0 radical (unpaired) electrons. The van der Waals surface area contributed by atoms with E-state index in [9.17, 15) is 4.79 Å². The van der Waals surface area contributed by atoms with E-state index in [2.05, 4.69) is 18.2 Å². The van der Waals surface area contributed by atoms with Crippen LogP contribution in [0.3, 0.4) is 0 Å². The maximum absolute atomic E-state index is 11.4. The summed E-state index contributed by atoms with van der Waals surface area (Å²) in [6.45, 7) is 1.79. The number of fused-ring (bicyclic) bond motifs is 1. The zero-order valence-corrected chi connectivity index (χ0v) is 9.51. The first-order valence-electron chi connectivity index (χ1n) is 5.63. The van der Waals surface area contributed by atoms with E-state index in [4.69, 9.17) is 4.74 Å². The highest BCUT2D eigenvalue weighted by molar-refractivity contribution is 5.92. The summed E-state index contributed by atoms with van der Waals surface area (Å²) < 4.78 is 5.34. The molecular formula is C15H12O2. The third-order valence-corrected chi connectivity index (χ3v) is 3.09. The van der Waals surface area contributed by atoms with E-state index in [1.54, 1.807) is 6.92 Å². The molecule has 0 unspecified atom stereocenters. The van der Waals surface area contributed by atoms with Crippen molar-refractivity contribution in [2.75, 3.05) is 0 Å². The van der Waals surface area contributed by atoms with E-state index in [1.165, 1.54) is 5.39 Å². The van der Waals surface area contributed by atoms with Crippen molar-refractivity contribution in [3.8, 4) is 0 Å². The highest BCUT2D eigenvalue weighted by atomic mass is 16.5. The van der Waals surface area contributed by atoms with Gasteiger partial charge in [-0.25, -0.2) is 4.79 Å². The molecule has 0 spiro atoms. The van der Waals surface area contributed by atoms with Crippen molar-refractivity contribution in [1.82, 2.24) is 0 Å². The van der Waals surface area contributed by atoms with Crippen LogP contribution in [0.15, 0.2) is 54.1 Å². The lowest BCUT2D eigenvalue weighted by Gasteiger charge is -2.11. The van der Waals surface area contributed by atoms with Crippen molar-refractivity contribution in [3.63, 3.8) is 0 Å². The average molecular weight is 224 g/mol. The van der Waals surface area contributed by atoms with Crippen LogP contribution < -0.4 is 0 Å². The molecule has 2 aromatic carbocycles. The zero-order chi connectivity index (χ0) is 11.8. The molecule has 0 saturated carbocycles. The maximum Gasteiger partial charge on any atom is 0.334 e. The quantitative estimate of drug-likeness (QED) is 0.694. The fourth-order valence-electron chi connectivity index (χ4n) is 2.19. The number of hydrogen-bond acceptors (Lipinski definition) is 2. The van der Waals surface area contributed by atoms with Gasteiger partial charge in [-0.3, -0.25) is 0 Å². The Balaban J connectivity index is 2.16. The number of benzene rings is 2. The van der Waals surface area contributed by atoms with Crippen LogP contribution in [-0.2, 0) is 9.53 Å². The Bertz CT molecular complexity index is 620. The summed E-state index contributed by atoms with van der Waals surface area (Å²) in [5, 5.41) is 2.30. The Morgan fingerprint density at radius 2 is 1.82 bits per heavy atom. The molecule has 1 heterocycles. The summed E-state index contributed by atoms with van der Waals surface area (Å²) in [6.07, 6.45) is 1.64. The molecular weight excluding hydrogens is 212 g/mol. The van der Waals surface area contributed by atoms with Crippen molar-refractivity contribution < 1.29 is 9.53 Å². The number of esters is 1. The third kappa shape index (κ3) is 1.62. The summed E-state index contributed by atoms with van der Waals surface area (Å²) in [4.78, 5) is 11.4. The van der Waals surface area contributed by atoms with Gasteiger partial charge in [-0.1, -0.05) is 42.5 Å². The van der Waals surface area contributed by atoms with Gasteiger partial charge < -0.3 is 4.74 Å². The van der Waals surface area contributed by atoms with Crippen molar-refractivity contribution in [2.45, 2.75) is 13.0 Å². The van der Waals surface area contributed by atoms with Crippen LogP contribution >= 0.6 is 0 Å². The summed E-state index contributed by atoms with van der Waals surface area (Å²) in [6, 6.07) is 14.2. The highest BCUT2D eigenvalue weighted by Gasteiger charge is 2.24. The van der Waals surface area contributed by atoms with E-state index >= 15 is 0 Å². The molecule has 1 aliphatic rings. The zero-order valence-electron chi connectivity index (χ0n) is 9.51. The largest absolute Gasteiger partial charge is 0.450 e. The van der Waals surface area contributed by atoms with Crippen LogP contribution in [0.25, 0.3) is 10.8 Å². The van der Waals surface area contributed by atoms with Gasteiger partial charge in [0.25, 0.3) is 0 Å². The molecule has 0 aliphatic carbocycles. The minimum atomic E-state index is -0.242. The summed E-state index contributed by atoms with van der Waals surface area (Å²) in [7, 11) is 0. The second kappa shape index (κ2) is 3.74. The number of cyclic esters (lactones) is 1. The molecule has 2 heteroatoms. The number of carbonyl (C=O) groups excluding carboxylic acids is 1. The summed E-state index contributed by atoms with van der Waals surface area (Å²) in [5.41, 5.74) is 1.73. The predicted octanol–water partition coefficient (Wildman–Crippen LogP) is 3.38. The van der Waals surface area contributed by atoms with Crippen molar-refractivity contribution in [1.29, 1.82) is 0 Å². The van der Waals surface area contributed by atoms with Gasteiger partial charge in [-0.05, 0) is 23.8 Å². The molecule has 0 aromatic heterocycles. The summed E-state index contributed by atoms with van der Waals surface area (Å²) in [5.74, 6) is -0.220. The van der Waals surface area contributed by atoms with Gasteiger partial charge >= 0.3 is 5.97 Å². The molecule has 2 nitrogen and oxygen atoms in total. The Morgan fingerprint density at radius 3 is 2.59 bits per heavy atom. The minimum absolute atomic E-state index is 0.220. The first-order valence-corrected chi connectivity index (χ1v) is 5.63. The molecule has 1 aliphatic heterocycles. The van der Waals surface area contributed by atoms with Gasteiger partial charge in [0.05, 0.1) is 0 Å². The Kier molecular flexibility index (Phi) is 2.22. The summed E-state index contributed by atoms with van der Waals surface area (Å²) >= 11 is 0. The van der Waals surface area contributed by atoms with Crippen LogP contribution in [0.5, 0.6) is 0 Å². The first-order chi connectivity index (χ1) is 8.25. The molecule has 17 heavy (non-hydrogen) atoms. The second-order valence-corrected chi connectivity index (χ2v) is 4.24. The number of carbonyl (C=O) groups is 1. The van der Waals surface area contributed by atoms with Gasteiger partial charge in [0.15, 0.2) is 0 Å². The van der Waals surface area contributed by atoms with E-state index in [0.717, 1.165) is 10.9 Å². The van der Waals surface area contributed by atoms with Crippen LogP contribution in [0.1, 0.15) is 18.6 Å². The Morgan fingerprint density at radius 1 is 1.06 bits per heavy atom. The monoisotopic (exact) mass is 224 g/mol. The average Bonchev–Trinajstić information content (AvgIpc) is 2.69. The van der Waals surface area contributed by atoms with E-state index in [1.807, 2.05) is 30.3 Å². The van der Waals surface area contributed by atoms with Gasteiger partial charge in [-0.15, -0.1) is 0 Å². The van der Waals surface area contributed by atoms with Crippen LogP contribution in [0, 0.1) is 0 Å². The van der Waals surface area contributed by atoms with Crippen molar-refractivity contribution in [2.24, 2.45) is 0 Å². The number of rotatable bonds is 1. The van der Waals surface area contributed by atoms with E-state index < -0.39 is 0 Å². The maximum atomic E-state index is 11.4. The van der Waals surface area contributed by atoms with Crippen molar-refractivity contribution in [3.05, 3.63) is 59.7 Å². The fraction of sp³-hybridized carbons (Fsp3) is 0.133. The SMILES string of the molecule is CC1=C[C@H](c2cccc3ccccc23)OC1=O. The van der Waals surface area contributed by atoms with Crippen molar-refractivity contribution >= 4 is 16.7 Å². The highest BCUT2D eigenvalue weighted by Crippen LogP contribution is 2.32. The van der Waals surface area contributed by atoms with Gasteiger partial charge in [0, 0.05) is 11.1 Å². The lowest BCUT2D eigenvalue weighted by Crippen LogP contribution is -2.01. The van der Waals surface area contributed by atoms with Crippen LogP contribution in [0.2, 0.25) is 0 Å². The fourth-order valence-corrected chi connectivity index (χ4v) is 2.19. The lowest BCUT2D eigenvalue weighted by atomic mass is 10.00. The number of ether oxygens (including phenoxy) is 1. The molecule has 0 bridgehead atoms. The van der Waals surface area contributed by atoms with Crippen LogP contribution in [-0.4, -0.2) is 5.97 Å². The first kappa shape index (κ1) is 10.1. The van der Waals surface area contributed by atoms with Gasteiger partial charge in [-0.2, -0.15) is 0 Å². The van der Waals surface area contributed by atoms with Gasteiger partial charge in [0.1, 0.15) is 6.10 Å². The molecule has 0 fully saturated rings. The smallest absolute Gasteiger partial charge is 0.334 e. The second-order valence-electron chi connectivity index (χ2n) is 4.24. The van der Waals surface area contributed by atoms with E-state index in [0.29, 0.717) is 5.57 Å². The van der Waals surface area contributed by atoms with E-state index in [-0.39, 0.29) is 12.1 Å². The molecule has 3 rings (SSSR count). The molecule has 0 amide bonds. The molecule has 84 valence electrons. The predicted molar refractivity (Wildman–Crippen MR) is 66.5 cm³/mol. The Hall–Kier alpha value is -2.09. The minimum Gasteiger partial charge on any atom is -0.450 e. The Labute approximate surface area is 99.5 Å². The molecule has 0 N–H and O–H groups in total. The third-order valence-electron chi connectivity index (χ3n) is 3.09. The normalized spacial score (nSPS) is 19.2. The standard InChI is InChI=1S/C15H12O2/c1-10-9-14(17-15(10)16)13-8-4-6-11-5-2-3-7-12(11)13/h2-9,14H,1H3/t14-/m1/s1. The molecule has 0 saturated heterocycles. The molecule has 1 atom stereocenters. The van der Waals surface area contributed by atoms with Gasteiger partial charge in [0.2, 0.25) is 0 Å². The lowest BCUT2D eigenvalue weighted by molar-refractivity contribution is -0.139. The topological polar surface area (TPSA) is 26.3 Å². The van der Waals surface area contributed by atoms with Crippen LogP contribution in [0.4, 0.5) is 0 Å².